The molecule has 2 aromatic rings. The molecule has 4 rings (SSSR count). The molecule has 0 unspecified atom stereocenters. The summed E-state index contributed by atoms with van der Waals surface area (Å²) in [5.41, 5.74) is -1.85. The Morgan fingerprint density at radius 3 is 2.27 bits per heavy atom. The number of carbonyl (C=O) groups is 2. The molecular weight excluding hydrogens is 541 g/mol. The van der Waals surface area contributed by atoms with E-state index < -0.39 is 22.9 Å². The van der Waals surface area contributed by atoms with Crippen LogP contribution >= 0.6 is 0 Å². The molecule has 1 aliphatic heterocycles. The van der Waals surface area contributed by atoms with Gasteiger partial charge in [0.15, 0.2) is 0 Å². The molecule has 2 aliphatic rings. The standard InChI is InChI=1S/C28H33F3N6O4/c1-27(2,3)41-26(39)37-12-10-36(11-13-37)24-17-33-23(16-34-24)25(38)35-19-5-8-20(9-6-19)40-21-7-4-18(15-32)22(14-21)28(29,30)31/h4,7,14,16-17,19-20H,5-6,8-13H2,1-3H3,(H,35,38)/t19-,20-. The van der Waals surface area contributed by atoms with Gasteiger partial charge in [-0.1, -0.05) is 0 Å². The number of carbonyl (C=O) groups excluding carboxylic acids is 2. The zero-order valence-electron chi connectivity index (χ0n) is 23.2. The highest BCUT2D eigenvalue weighted by molar-refractivity contribution is 5.92. The highest BCUT2D eigenvalue weighted by Gasteiger charge is 2.34. The van der Waals surface area contributed by atoms with Crippen molar-refractivity contribution in [2.24, 2.45) is 0 Å². The maximum atomic E-state index is 13.2. The van der Waals surface area contributed by atoms with E-state index in [1.807, 2.05) is 25.7 Å². The smallest absolute Gasteiger partial charge is 0.417 e. The Balaban J connectivity index is 1.23. The van der Waals surface area contributed by atoms with Gasteiger partial charge in [-0.3, -0.25) is 4.79 Å². The van der Waals surface area contributed by atoms with Gasteiger partial charge in [-0.25, -0.2) is 14.8 Å². The van der Waals surface area contributed by atoms with Gasteiger partial charge in [-0.15, -0.1) is 0 Å². The summed E-state index contributed by atoms with van der Waals surface area (Å²) >= 11 is 0. The van der Waals surface area contributed by atoms with Gasteiger partial charge >= 0.3 is 12.3 Å². The second-order valence-corrected chi connectivity index (χ2v) is 11.1. The summed E-state index contributed by atoms with van der Waals surface area (Å²) in [6.45, 7) is 7.57. The molecular formula is C28H33F3N6O4. The Morgan fingerprint density at radius 1 is 1.02 bits per heavy atom. The molecule has 0 spiro atoms. The Kier molecular flexibility index (Phi) is 8.89. The lowest BCUT2D eigenvalue weighted by atomic mass is 9.92. The minimum absolute atomic E-state index is 0.0606. The molecule has 0 atom stereocenters. The summed E-state index contributed by atoms with van der Waals surface area (Å²) in [6, 6.07) is 4.76. The average molecular weight is 575 g/mol. The van der Waals surface area contributed by atoms with Crippen LogP contribution in [-0.4, -0.2) is 70.8 Å². The molecule has 1 saturated carbocycles. The van der Waals surface area contributed by atoms with Crippen molar-refractivity contribution in [3.8, 4) is 11.8 Å². The average Bonchev–Trinajstić information content (AvgIpc) is 2.93. The number of hydrogen-bond donors (Lipinski definition) is 1. The predicted molar refractivity (Wildman–Crippen MR) is 142 cm³/mol. The fraction of sp³-hybridized carbons (Fsp3) is 0.536. The maximum absolute atomic E-state index is 13.2. The Morgan fingerprint density at radius 2 is 1.71 bits per heavy atom. The first-order chi connectivity index (χ1) is 19.3. The summed E-state index contributed by atoms with van der Waals surface area (Å²) in [4.78, 5) is 37.3. The molecule has 0 radical (unpaired) electrons. The molecule has 2 amide bonds. The number of alkyl halides is 3. The summed E-state index contributed by atoms with van der Waals surface area (Å²) < 4.78 is 50.9. The zero-order chi connectivity index (χ0) is 29.8. The molecule has 10 nitrogen and oxygen atoms in total. The van der Waals surface area contributed by atoms with Gasteiger partial charge in [0, 0.05) is 32.2 Å². The third-order valence-electron chi connectivity index (χ3n) is 6.86. The van der Waals surface area contributed by atoms with Crippen LogP contribution in [0.5, 0.6) is 5.75 Å². The van der Waals surface area contributed by atoms with Crippen molar-refractivity contribution in [3.63, 3.8) is 0 Å². The molecule has 1 aromatic carbocycles. The van der Waals surface area contributed by atoms with Gasteiger partial charge in [0.1, 0.15) is 22.9 Å². The molecule has 1 aliphatic carbocycles. The lowest BCUT2D eigenvalue weighted by Crippen LogP contribution is -2.50. The lowest BCUT2D eigenvalue weighted by Gasteiger charge is -2.36. The van der Waals surface area contributed by atoms with Gasteiger partial charge in [0.25, 0.3) is 5.91 Å². The predicted octanol–water partition coefficient (Wildman–Crippen LogP) is 4.54. The van der Waals surface area contributed by atoms with E-state index in [0.717, 1.165) is 12.1 Å². The number of hydrogen-bond acceptors (Lipinski definition) is 8. The minimum atomic E-state index is -4.65. The molecule has 220 valence electrons. The SMILES string of the molecule is CC(C)(C)OC(=O)N1CCN(c2cnc(C(=O)N[C@H]3CC[C@H](Oc4ccc(C#N)c(C(F)(F)F)c4)CC3)cn2)CC1. The van der Waals surface area contributed by atoms with Crippen molar-refractivity contribution in [1.29, 1.82) is 5.26 Å². The van der Waals surface area contributed by atoms with E-state index in [4.69, 9.17) is 14.7 Å². The number of anilines is 1. The topological polar surface area (TPSA) is 121 Å². The van der Waals surface area contributed by atoms with Crippen molar-refractivity contribution < 1.29 is 32.2 Å². The number of halogens is 3. The van der Waals surface area contributed by atoms with Gasteiger partial charge < -0.3 is 24.6 Å². The van der Waals surface area contributed by atoms with E-state index in [1.165, 1.54) is 18.5 Å². The Bertz CT molecular complexity index is 1270. The van der Waals surface area contributed by atoms with Crippen LogP contribution in [-0.2, 0) is 10.9 Å². The summed E-state index contributed by atoms with van der Waals surface area (Å²) in [7, 11) is 0. The van der Waals surface area contributed by atoms with Crippen LogP contribution in [0, 0.1) is 11.3 Å². The monoisotopic (exact) mass is 574 g/mol. The highest BCUT2D eigenvalue weighted by atomic mass is 19.4. The van der Waals surface area contributed by atoms with Gasteiger partial charge in [0.05, 0.1) is 35.7 Å². The van der Waals surface area contributed by atoms with Crippen molar-refractivity contribution in [2.75, 3.05) is 31.1 Å². The molecule has 1 aromatic heterocycles. The van der Waals surface area contributed by atoms with E-state index in [9.17, 15) is 22.8 Å². The molecule has 13 heteroatoms. The normalized spacial score (nSPS) is 19.7. The number of benzene rings is 1. The number of nitrogens with zero attached hydrogens (tertiary/aromatic N) is 5. The van der Waals surface area contributed by atoms with E-state index in [1.54, 1.807) is 11.0 Å². The minimum Gasteiger partial charge on any atom is -0.490 e. The summed E-state index contributed by atoms with van der Waals surface area (Å²) in [6.07, 6.45) is -0.0628. The van der Waals surface area contributed by atoms with Crippen LogP contribution in [0.2, 0.25) is 0 Å². The maximum Gasteiger partial charge on any atom is 0.417 e. The molecule has 2 fully saturated rings. The van der Waals surface area contributed by atoms with Crippen LogP contribution in [0.1, 0.15) is 68.1 Å². The van der Waals surface area contributed by atoms with E-state index in [0.29, 0.717) is 57.7 Å². The molecule has 1 saturated heterocycles. The quantitative estimate of drug-likeness (QED) is 0.553. The number of rotatable bonds is 5. The van der Waals surface area contributed by atoms with Crippen molar-refractivity contribution in [1.82, 2.24) is 20.2 Å². The summed E-state index contributed by atoms with van der Waals surface area (Å²) in [5.74, 6) is 0.315. The van der Waals surface area contributed by atoms with E-state index in [2.05, 4.69) is 15.3 Å². The lowest BCUT2D eigenvalue weighted by molar-refractivity contribution is -0.137. The first-order valence-electron chi connectivity index (χ1n) is 13.5. The van der Waals surface area contributed by atoms with Crippen LogP contribution in [0.15, 0.2) is 30.6 Å². The van der Waals surface area contributed by atoms with Crippen molar-refractivity contribution >= 4 is 17.8 Å². The van der Waals surface area contributed by atoms with Crippen molar-refractivity contribution in [2.45, 2.75) is 70.4 Å². The van der Waals surface area contributed by atoms with Crippen molar-refractivity contribution in [3.05, 3.63) is 47.4 Å². The zero-order valence-corrected chi connectivity index (χ0v) is 23.2. The van der Waals surface area contributed by atoms with Gasteiger partial charge in [0.2, 0.25) is 0 Å². The third-order valence-corrected chi connectivity index (χ3v) is 6.86. The number of aromatic nitrogens is 2. The Labute approximate surface area is 236 Å². The van der Waals surface area contributed by atoms with Crippen LogP contribution in [0.4, 0.5) is 23.8 Å². The summed E-state index contributed by atoms with van der Waals surface area (Å²) in [5, 5.41) is 11.9. The number of nitriles is 1. The van der Waals surface area contributed by atoms with E-state index >= 15 is 0 Å². The van der Waals surface area contributed by atoms with Crippen LogP contribution < -0.4 is 15.0 Å². The number of nitrogens with one attached hydrogen (secondary N) is 1. The number of ether oxygens (including phenoxy) is 2. The highest BCUT2D eigenvalue weighted by Crippen LogP contribution is 2.35. The molecule has 1 N–H and O–H groups in total. The number of piperazine rings is 1. The Hall–Kier alpha value is -4.08. The number of amides is 2. The largest absolute Gasteiger partial charge is 0.490 e. The fourth-order valence-corrected chi connectivity index (χ4v) is 4.75. The van der Waals surface area contributed by atoms with Crippen LogP contribution in [0.3, 0.4) is 0 Å². The van der Waals surface area contributed by atoms with Gasteiger partial charge in [-0.05, 0) is 64.7 Å². The first-order valence-corrected chi connectivity index (χ1v) is 13.5. The fourth-order valence-electron chi connectivity index (χ4n) is 4.75. The van der Waals surface area contributed by atoms with Crippen LogP contribution in [0.25, 0.3) is 0 Å². The second-order valence-electron chi connectivity index (χ2n) is 11.1. The molecule has 0 bridgehead atoms. The first kappa shape index (κ1) is 29.9. The van der Waals surface area contributed by atoms with E-state index in [-0.39, 0.29) is 35.6 Å². The molecule has 2 heterocycles. The third kappa shape index (κ3) is 7.99. The van der Waals surface area contributed by atoms with Gasteiger partial charge in [-0.2, -0.15) is 18.4 Å². The molecule has 41 heavy (non-hydrogen) atoms. The second kappa shape index (κ2) is 12.2.